The van der Waals surface area contributed by atoms with Gasteiger partial charge >= 0.3 is 0 Å². The van der Waals surface area contributed by atoms with Crippen LogP contribution >= 0.6 is 0 Å². The maximum atomic E-state index is 10.5. The molecule has 0 atom stereocenters. The van der Waals surface area contributed by atoms with Crippen molar-refractivity contribution < 1.29 is 9.90 Å². The molecule has 0 amide bonds. The topological polar surface area (TPSA) is 55.9 Å². The number of fused-ring (bicyclic) bond motifs is 1. The number of carbonyl (C=O) groups is 1. The molecule has 0 saturated carbocycles. The lowest BCUT2D eigenvalue weighted by Crippen LogP contribution is -2.22. The number of nitrogens with one attached hydrogen (secondary N) is 1. The molecule has 0 saturated heterocycles. The minimum absolute atomic E-state index is 0.126. The Bertz CT molecular complexity index is 471. The Balaban J connectivity index is 2.68. The summed E-state index contributed by atoms with van der Waals surface area (Å²) in [5, 5.41) is 11.4. The fourth-order valence-corrected chi connectivity index (χ4v) is 1.35. The van der Waals surface area contributed by atoms with E-state index in [-0.39, 0.29) is 5.69 Å². The van der Waals surface area contributed by atoms with Gasteiger partial charge in [0.2, 0.25) is 0 Å². The summed E-state index contributed by atoms with van der Waals surface area (Å²) in [5.41, 5.74) is 2.05. The Labute approximate surface area is 75.0 Å². The highest BCUT2D eigenvalue weighted by molar-refractivity contribution is 5.92. The van der Waals surface area contributed by atoms with Crippen molar-refractivity contribution in [3.05, 3.63) is 35.5 Å². The van der Waals surface area contributed by atoms with Gasteiger partial charge in [0, 0.05) is 10.9 Å². The number of aromatic carboxylic acids is 1. The number of aromatic nitrogens is 1. The van der Waals surface area contributed by atoms with E-state index >= 15 is 0 Å². The number of H-pyrrole nitrogens is 1. The van der Waals surface area contributed by atoms with Crippen LogP contribution in [-0.2, 0) is 0 Å². The standard InChI is InChI=1S/C10H9NO2/c1-6-2-3-7-5-9(10(12)13)11-8(7)4-6/h2-5,11H,1H3,(H,12,13)/p-1. The van der Waals surface area contributed by atoms with Gasteiger partial charge in [-0.15, -0.1) is 0 Å². The maximum Gasteiger partial charge on any atom is 0.0878 e. The average molecular weight is 174 g/mol. The third-order valence-electron chi connectivity index (χ3n) is 2.00. The molecule has 0 aliphatic heterocycles. The van der Waals surface area contributed by atoms with E-state index in [4.69, 9.17) is 0 Å². The number of aryl methyl sites for hydroxylation is 1. The summed E-state index contributed by atoms with van der Waals surface area (Å²) in [7, 11) is 0. The van der Waals surface area contributed by atoms with Gasteiger partial charge in [0.15, 0.2) is 0 Å². The third-order valence-corrected chi connectivity index (χ3v) is 2.00. The Kier molecular flexibility index (Phi) is 1.59. The third kappa shape index (κ3) is 1.28. The number of aromatic amines is 1. The second-order valence-electron chi connectivity index (χ2n) is 3.06. The van der Waals surface area contributed by atoms with Gasteiger partial charge in [-0.25, -0.2) is 0 Å². The number of carboxylic acids is 1. The van der Waals surface area contributed by atoms with Crippen molar-refractivity contribution in [1.29, 1.82) is 0 Å². The van der Waals surface area contributed by atoms with Gasteiger partial charge in [0.1, 0.15) is 0 Å². The zero-order valence-electron chi connectivity index (χ0n) is 7.13. The summed E-state index contributed by atoms with van der Waals surface area (Å²) < 4.78 is 0. The van der Waals surface area contributed by atoms with Gasteiger partial charge in [-0.3, -0.25) is 0 Å². The Hall–Kier alpha value is -1.77. The van der Waals surface area contributed by atoms with Gasteiger partial charge in [0.25, 0.3) is 0 Å². The van der Waals surface area contributed by atoms with Crippen LogP contribution in [0.5, 0.6) is 0 Å². The fourth-order valence-electron chi connectivity index (χ4n) is 1.35. The zero-order valence-corrected chi connectivity index (χ0v) is 7.13. The van der Waals surface area contributed by atoms with Crippen molar-refractivity contribution in [2.24, 2.45) is 0 Å². The van der Waals surface area contributed by atoms with E-state index in [1.807, 2.05) is 25.1 Å². The van der Waals surface area contributed by atoms with Crippen molar-refractivity contribution in [2.75, 3.05) is 0 Å². The monoisotopic (exact) mass is 174 g/mol. The van der Waals surface area contributed by atoms with E-state index in [2.05, 4.69) is 4.98 Å². The Morgan fingerprint density at radius 1 is 1.38 bits per heavy atom. The summed E-state index contributed by atoms with van der Waals surface area (Å²) in [4.78, 5) is 13.3. The van der Waals surface area contributed by atoms with Crippen LogP contribution in [0, 0.1) is 6.92 Å². The predicted molar refractivity (Wildman–Crippen MR) is 47.4 cm³/mol. The van der Waals surface area contributed by atoms with E-state index in [1.165, 1.54) is 0 Å². The molecule has 2 aromatic rings. The normalized spacial score (nSPS) is 10.5. The molecule has 2 rings (SSSR count). The molecule has 3 nitrogen and oxygen atoms in total. The lowest BCUT2D eigenvalue weighted by atomic mass is 10.2. The van der Waals surface area contributed by atoms with Crippen LogP contribution in [0.4, 0.5) is 0 Å². The van der Waals surface area contributed by atoms with Crippen LogP contribution in [0.1, 0.15) is 16.1 Å². The molecular formula is C10H8NO2-. The van der Waals surface area contributed by atoms with E-state index < -0.39 is 5.97 Å². The smallest absolute Gasteiger partial charge is 0.0878 e. The van der Waals surface area contributed by atoms with E-state index in [9.17, 15) is 9.90 Å². The first kappa shape index (κ1) is 7.86. The van der Waals surface area contributed by atoms with Crippen molar-refractivity contribution in [3.8, 4) is 0 Å². The van der Waals surface area contributed by atoms with Gasteiger partial charge in [-0.1, -0.05) is 12.1 Å². The second kappa shape index (κ2) is 2.62. The van der Waals surface area contributed by atoms with E-state index in [1.54, 1.807) is 6.07 Å². The summed E-state index contributed by atoms with van der Waals surface area (Å²) in [6, 6.07) is 7.30. The van der Waals surface area contributed by atoms with Gasteiger partial charge in [0.05, 0.1) is 11.7 Å². The maximum absolute atomic E-state index is 10.5. The minimum Gasteiger partial charge on any atom is -0.543 e. The summed E-state index contributed by atoms with van der Waals surface area (Å²) in [5.74, 6) is -1.17. The molecule has 0 radical (unpaired) electrons. The van der Waals surface area contributed by atoms with Crippen molar-refractivity contribution in [2.45, 2.75) is 6.92 Å². The highest BCUT2D eigenvalue weighted by atomic mass is 16.4. The molecule has 1 aromatic carbocycles. The molecule has 0 aliphatic rings. The lowest BCUT2D eigenvalue weighted by molar-refractivity contribution is -0.255. The zero-order chi connectivity index (χ0) is 9.42. The number of hydrogen-bond donors (Lipinski definition) is 1. The molecule has 0 unspecified atom stereocenters. The first-order valence-corrected chi connectivity index (χ1v) is 3.97. The van der Waals surface area contributed by atoms with Crippen molar-refractivity contribution in [1.82, 2.24) is 4.98 Å². The summed E-state index contributed by atoms with van der Waals surface area (Å²) in [6.45, 7) is 1.96. The second-order valence-corrected chi connectivity index (χ2v) is 3.06. The van der Waals surface area contributed by atoms with E-state index in [0.29, 0.717) is 0 Å². The molecular weight excluding hydrogens is 166 g/mol. The number of carboxylic acid groups (broad SMARTS) is 1. The molecule has 0 bridgehead atoms. The lowest BCUT2D eigenvalue weighted by Gasteiger charge is -1.94. The first-order chi connectivity index (χ1) is 6.16. The minimum atomic E-state index is -1.17. The quantitative estimate of drug-likeness (QED) is 0.696. The SMILES string of the molecule is Cc1ccc2cc(C(=O)[O-])[nH]c2c1. The van der Waals surface area contributed by atoms with Crippen molar-refractivity contribution in [3.63, 3.8) is 0 Å². The van der Waals surface area contributed by atoms with Crippen molar-refractivity contribution >= 4 is 16.9 Å². The highest BCUT2D eigenvalue weighted by Crippen LogP contribution is 2.16. The van der Waals surface area contributed by atoms with Crippen LogP contribution in [0.3, 0.4) is 0 Å². The molecule has 3 heteroatoms. The van der Waals surface area contributed by atoms with Gasteiger partial charge < -0.3 is 14.9 Å². The molecule has 0 fully saturated rings. The molecule has 66 valence electrons. The van der Waals surface area contributed by atoms with E-state index in [0.717, 1.165) is 16.5 Å². The average Bonchev–Trinajstić information content (AvgIpc) is 2.46. The Morgan fingerprint density at radius 2 is 2.15 bits per heavy atom. The van der Waals surface area contributed by atoms with Gasteiger partial charge in [-0.05, 0) is 24.6 Å². The van der Waals surface area contributed by atoms with Crippen LogP contribution in [0.2, 0.25) is 0 Å². The largest absolute Gasteiger partial charge is 0.543 e. The Morgan fingerprint density at radius 3 is 2.85 bits per heavy atom. The van der Waals surface area contributed by atoms with Crippen LogP contribution < -0.4 is 5.11 Å². The number of hydrogen-bond acceptors (Lipinski definition) is 2. The number of benzene rings is 1. The summed E-state index contributed by atoms with van der Waals surface area (Å²) in [6.07, 6.45) is 0. The molecule has 1 heterocycles. The highest BCUT2D eigenvalue weighted by Gasteiger charge is 2.00. The molecule has 1 aromatic heterocycles. The van der Waals surface area contributed by atoms with Crippen LogP contribution in [-0.4, -0.2) is 11.0 Å². The number of rotatable bonds is 1. The first-order valence-electron chi connectivity index (χ1n) is 3.97. The number of carbonyl (C=O) groups excluding carboxylic acids is 1. The van der Waals surface area contributed by atoms with Crippen LogP contribution in [0.15, 0.2) is 24.3 Å². The molecule has 0 spiro atoms. The van der Waals surface area contributed by atoms with Crippen LogP contribution in [0.25, 0.3) is 10.9 Å². The fraction of sp³-hybridized carbons (Fsp3) is 0.100. The molecule has 0 aliphatic carbocycles. The molecule has 1 N–H and O–H groups in total. The summed E-state index contributed by atoms with van der Waals surface area (Å²) >= 11 is 0. The predicted octanol–water partition coefficient (Wildman–Crippen LogP) is 0.840. The molecule has 13 heavy (non-hydrogen) atoms. The van der Waals surface area contributed by atoms with Gasteiger partial charge in [-0.2, -0.15) is 0 Å².